The monoisotopic (exact) mass is 223 g/mol. The normalized spacial score (nSPS) is 13.9. The number of hydrogen-bond donors (Lipinski definition) is 1. The van der Waals surface area contributed by atoms with E-state index in [1.807, 2.05) is 18.2 Å². The summed E-state index contributed by atoms with van der Waals surface area (Å²) in [5, 5.41) is 0. The summed E-state index contributed by atoms with van der Waals surface area (Å²) >= 11 is 0. The first-order valence-electron chi connectivity index (χ1n) is 5.20. The number of para-hydroxylation sites is 1. The van der Waals surface area contributed by atoms with Gasteiger partial charge in [-0.25, -0.2) is 4.79 Å². The Balaban J connectivity index is 2.51. The first kappa shape index (κ1) is 12.5. The molecule has 1 rings (SSSR count). The Bertz CT molecular complexity index is 335. The van der Waals surface area contributed by atoms with Crippen molar-refractivity contribution in [2.75, 3.05) is 13.2 Å². The van der Waals surface area contributed by atoms with Gasteiger partial charge in [-0.3, -0.25) is 0 Å². The number of carbonyl (C=O) groups is 1. The van der Waals surface area contributed by atoms with E-state index in [9.17, 15) is 4.79 Å². The highest BCUT2D eigenvalue weighted by molar-refractivity contribution is 5.80. The van der Waals surface area contributed by atoms with E-state index in [0.717, 1.165) is 0 Å². The molecule has 4 nitrogen and oxygen atoms in total. The van der Waals surface area contributed by atoms with Crippen molar-refractivity contribution in [1.82, 2.24) is 0 Å². The van der Waals surface area contributed by atoms with Gasteiger partial charge in [0, 0.05) is 0 Å². The maximum atomic E-state index is 11.5. The summed E-state index contributed by atoms with van der Waals surface area (Å²) in [5.74, 6) is 0.231. The van der Waals surface area contributed by atoms with Gasteiger partial charge in [-0.2, -0.15) is 0 Å². The van der Waals surface area contributed by atoms with E-state index in [4.69, 9.17) is 15.2 Å². The van der Waals surface area contributed by atoms with Crippen LogP contribution in [0, 0.1) is 0 Å². The molecular formula is C12H17NO3. The van der Waals surface area contributed by atoms with Crippen LogP contribution < -0.4 is 10.5 Å². The molecule has 0 aromatic heterocycles. The highest BCUT2D eigenvalue weighted by atomic mass is 16.5. The Labute approximate surface area is 95.3 Å². The zero-order valence-electron chi connectivity index (χ0n) is 9.60. The van der Waals surface area contributed by atoms with Crippen molar-refractivity contribution in [3.63, 3.8) is 0 Å². The zero-order chi connectivity index (χ0) is 12.0. The Kier molecular flexibility index (Phi) is 4.31. The molecule has 0 spiro atoms. The maximum absolute atomic E-state index is 11.5. The summed E-state index contributed by atoms with van der Waals surface area (Å²) in [6.45, 7) is 3.74. The van der Waals surface area contributed by atoms with Crippen LogP contribution in [0.15, 0.2) is 30.3 Å². The Hall–Kier alpha value is -1.55. The number of esters is 1. The maximum Gasteiger partial charge on any atom is 0.329 e. The molecule has 0 amide bonds. The highest BCUT2D eigenvalue weighted by Gasteiger charge is 2.30. The molecule has 1 atom stereocenters. The number of nitrogens with two attached hydrogens (primary N) is 1. The summed E-state index contributed by atoms with van der Waals surface area (Å²) in [6.07, 6.45) is 0. The lowest BCUT2D eigenvalue weighted by atomic mass is 10.1. The van der Waals surface area contributed by atoms with Crippen LogP contribution in [-0.2, 0) is 9.53 Å². The van der Waals surface area contributed by atoms with Crippen molar-refractivity contribution < 1.29 is 14.3 Å². The summed E-state index contributed by atoms with van der Waals surface area (Å²) in [7, 11) is 0. The first-order valence-corrected chi connectivity index (χ1v) is 5.20. The van der Waals surface area contributed by atoms with Crippen molar-refractivity contribution in [2.45, 2.75) is 19.4 Å². The predicted octanol–water partition coefficient (Wildman–Crippen LogP) is 1.35. The van der Waals surface area contributed by atoms with Gasteiger partial charge in [0.1, 0.15) is 17.9 Å². The lowest BCUT2D eigenvalue weighted by molar-refractivity contribution is -0.150. The molecule has 0 heterocycles. The quantitative estimate of drug-likeness (QED) is 0.765. The fourth-order valence-electron chi connectivity index (χ4n) is 1.10. The standard InChI is InChI=1S/C12H17NO3/c1-3-15-11(14)12(2,13)9-16-10-7-5-4-6-8-10/h4-8H,3,9,13H2,1-2H3. The predicted molar refractivity (Wildman–Crippen MR) is 61.2 cm³/mol. The van der Waals surface area contributed by atoms with Crippen LogP contribution in [0.25, 0.3) is 0 Å². The van der Waals surface area contributed by atoms with Gasteiger partial charge >= 0.3 is 5.97 Å². The molecule has 88 valence electrons. The van der Waals surface area contributed by atoms with Crippen molar-refractivity contribution in [3.05, 3.63) is 30.3 Å². The molecule has 0 fully saturated rings. The summed E-state index contributed by atoms with van der Waals surface area (Å²) < 4.78 is 10.3. The van der Waals surface area contributed by atoms with Crippen molar-refractivity contribution >= 4 is 5.97 Å². The van der Waals surface area contributed by atoms with Crippen LogP contribution in [-0.4, -0.2) is 24.7 Å². The molecule has 0 saturated heterocycles. The Morgan fingerprint density at radius 2 is 2.00 bits per heavy atom. The van der Waals surface area contributed by atoms with Gasteiger partial charge in [-0.15, -0.1) is 0 Å². The third kappa shape index (κ3) is 3.55. The van der Waals surface area contributed by atoms with Gasteiger partial charge < -0.3 is 15.2 Å². The van der Waals surface area contributed by atoms with E-state index in [-0.39, 0.29) is 6.61 Å². The number of rotatable bonds is 5. The minimum absolute atomic E-state index is 0.0931. The third-order valence-corrected chi connectivity index (χ3v) is 2.02. The summed E-state index contributed by atoms with van der Waals surface area (Å²) in [4.78, 5) is 11.5. The number of ether oxygens (including phenoxy) is 2. The van der Waals surface area contributed by atoms with E-state index in [2.05, 4.69) is 0 Å². The molecule has 2 N–H and O–H groups in total. The second-order valence-electron chi connectivity index (χ2n) is 3.74. The van der Waals surface area contributed by atoms with Crippen LogP contribution in [0.2, 0.25) is 0 Å². The van der Waals surface area contributed by atoms with Crippen LogP contribution in [0.3, 0.4) is 0 Å². The molecule has 0 radical (unpaired) electrons. The van der Waals surface area contributed by atoms with Crippen LogP contribution >= 0.6 is 0 Å². The SMILES string of the molecule is CCOC(=O)C(C)(N)COc1ccccc1. The lowest BCUT2D eigenvalue weighted by Gasteiger charge is -2.22. The molecule has 0 aliphatic rings. The molecular weight excluding hydrogens is 206 g/mol. The van der Waals surface area contributed by atoms with Crippen LogP contribution in [0.5, 0.6) is 5.75 Å². The second-order valence-corrected chi connectivity index (χ2v) is 3.74. The van der Waals surface area contributed by atoms with Gasteiger partial charge in [-0.1, -0.05) is 18.2 Å². The number of benzene rings is 1. The molecule has 1 aromatic rings. The molecule has 0 saturated carbocycles. The fourth-order valence-corrected chi connectivity index (χ4v) is 1.10. The van der Waals surface area contributed by atoms with Gasteiger partial charge in [0.05, 0.1) is 6.61 Å². The average molecular weight is 223 g/mol. The topological polar surface area (TPSA) is 61.5 Å². The number of hydrogen-bond acceptors (Lipinski definition) is 4. The number of carbonyl (C=O) groups excluding carboxylic acids is 1. The molecule has 0 aliphatic carbocycles. The van der Waals surface area contributed by atoms with E-state index in [1.165, 1.54) is 0 Å². The van der Waals surface area contributed by atoms with Crippen molar-refractivity contribution in [3.8, 4) is 5.75 Å². The van der Waals surface area contributed by atoms with E-state index >= 15 is 0 Å². The molecule has 0 bridgehead atoms. The average Bonchev–Trinajstić information content (AvgIpc) is 2.28. The van der Waals surface area contributed by atoms with Crippen molar-refractivity contribution in [2.24, 2.45) is 5.73 Å². The van der Waals surface area contributed by atoms with Gasteiger partial charge in [0.25, 0.3) is 0 Å². The van der Waals surface area contributed by atoms with Crippen LogP contribution in [0.4, 0.5) is 0 Å². The summed E-state index contributed by atoms with van der Waals surface area (Å²) in [5.41, 5.74) is 4.68. The highest BCUT2D eigenvalue weighted by Crippen LogP contribution is 2.11. The second kappa shape index (κ2) is 5.51. The largest absolute Gasteiger partial charge is 0.491 e. The molecule has 16 heavy (non-hydrogen) atoms. The lowest BCUT2D eigenvalue weighted by Crippen LogP contribution is -2.51. The van der Waals surface area contributed by atoms with Gasteiger partial charge in [-0.05, 0) is 26.0 Å². The van der Waals surface area contributed by atoms with Gasteiger partial charge in [0.15, 0.2) is 0 Å². The smallest absolute Gasteiger partial charge is 0.329 e. The van der Waals surface area contributed by atoms with E-state index < -0.39 is 11.5 Å². The molecule has 4 heteroatoms. The third-order valence-electron chi connectivity index (χ3n) is 2.02. The molecule has 1 unspecified atom stereocenters. The fraction of sp³-hybridized carbons (Fsp3) is 0.417. The molecule has 1 aromatic carbocycles. The minimum atomic E-state index is -1.12. The van der Waals surface area contributed by atoms with E-state index in [1.54, 1.807) is 26.0 Å². The van der Waals surface area contributed by atoms with Crippen molar-refractivity contribution in [1.29, 1.82) is 0 Å². The Morgan fingerprint density at radius 3 is 2.56 bits per heavy atom. The van der Waals surface area contributed by atoms with Gasteiger partial charge in [0.2, 0.25) is 0 Å². The minimum Gasteiger partial charge on any atom is -0.491 e. The first-order chi connectivity index (χ1) is 7.56. The Morgan fingerprint density at radius 1 is 1.38 bits per heavy atom. The van der Waals surface area contributed by atoms with E-state index in [0.29, 0.717) is 12.4 Å². The summed E-state index contributed by atoms with van der Waals surface area (Å²) in [6, 6.07) is 9.21. The van der Waals surface area contributed by atoms with Crippen LogP contribution in [0.1, 0.15) is 13.8 Å². The zero-order valence-corrected chi connectivity index (χ0v) is 9.60. The molecule has 0 aliphatic heterocycles.